The highest BCUT2D eigenvalue weighted by atomic mass is 32.1. The summed E-state index contributed by atoms with van der Waals surface area (Å²) in [6.45, 7) is 0.681. The number of nitrogens with one attached hydrogen (secondary N) is 2. The molecule has 0 radical (unpaired) electrons. The van der Waals surface area contributed by atoms with Crippen molar-refractivity contribution in [1.29, 1.82) is 0 Å². The Labute approximate surface area is 168 Å². The average Bonchev–Trinajstić information content (AvgIpc) is 3.16. The van der Waals surface area contributed by atoms with Crippen LogP contribution < -0.4 is 15.5 Å². The van der Waals surface area contributed by atoms with Crippen molar-refractivity contribution in [1.82, 2.24) is 20.4 Å². The smallest absolute Gasteiger partial charge is 0.191 e. The number of allylic oxidation sites excluding steroid dienone is 1. The number of hydrazone groups is 1. The lowest BCUT2D eigenvalue weighted by molar-refractivity contribution is 0.417. The summed E-state index contributed by atoms with van der Waals surface area (Å²) in [5.74, 6) is 0.703. The Morgan fingerprint density at radius 2 is 1.96 bits per heavy atom. The van der Waals surface area contributed by atoms with Crippen LogP contribution in [-0.4, -0.2) is 33.4 Å². The van der Waals surface area contributed by atoms with Crippen LogP contribution in [0.15, 0.2) is 72.0 Å². The molecule has 0 aliphatic rings. The number of benzene rings is 2. The standard InChI is InChI=1S/C20H20N6OS/c1-27-19-12-6-5-11-18(19)22-20(28)24-21-13-7-10-17-15-26(25-23-17)14-16-8-3-2-4-9-16/h2-13,15H,14H2,1H3,(H2,22,24,28)/b10-7+,21-13+. The molecule has 3 aromatic rings. The minimum atomic E-state index is 0.364. The number of thiocarbonyl (C=S) groups is 1. The fourth-order valence-electron chi connectivity index (χ4n) is 2.42. The van der Waals surface area contributed by atoms with Gasteiger partial charge < -0.3 is 10.1 Å². The first-order valence-corrected chi connectivity index (χ1v) is 8.99. The molecule has 0 unspecified atom stereocenters. The third kappa shape index (κ3) is 5.75. The van der Waals surface area contributed by atoms with E-state index in [1.165, 1.54) is 5.56 Å². The molecule has 2 aromatic carbocycles. The molecule has 8 heteroatoms. The van der Waals surface area contributed by atoms with E-state index in [0.29, 0.717) is 17.4 Å². The van der Waals surface area contributed by atoms with Gasteiger partial charge >= 0.3 is 0 Å². The zero-order valence-corrected chi connectivity index (χ0v) is 16.1. The molecule has 7 nitrogen and oxygen atoms in total. The summed E-state index contributed by atoms with van der Waals surface area (Å²) in [6, 6.07) is 17.6. The van der Waals surface area contributed by atoms with Gasteiger partial charge in [-0.2, -0.15) is 5.10 Å². The van der Waals surface area contributed by atoms with Crippen molar-refractivity contribution in [3.8, 4) is 5.75 Å². The van der Waals surface area contributed by atoms with E-state index in [2.05, 4.69) is 38.3 Å². The first-order chi connectivity index (χ1) is 13.7. The van der Waals surface area contributed by atoms with Crippen LogP contribution in [0.1, 0.15) is 11.3 Å². The SMILES string of the molecule is COc1ccccc1NC(=S)N/N=C/C=C/c1cn(Cc2ccccc2)nn1. The van der Waals surface area contributed by atoms with Gasteiger partial charge in [-0.3, -0.25) is 5.43 Å². The first-order valence-electron chi connectivity index (χ1n) is 8.58. The summed E-state index contributed by atoms with van der Waals surface area (Å²) < 4.78 is 7.05. The van der Waals surface area contributed by atoms with Crippen molar-refractivity contribution in [2.24, 2.45) is 5.10 Å². The Kier molecular flexibility index (Phi) is 6.86. The largest absolute Gasteiger partial charge is 0.495 e. The van der Waals surface area contributed by atoms with E-state index in [9.17, 15) is 0 Å². The van der Waals surface area contributed by atoms with Gasteiger partial charge in [0.25, 0.3) is 0 Å². The van der Waals surface area contributed by atoms with Crippen LogP contribution in [-0.2, 0) is 6.54 Å². The number of aromatic nitrogens is 3. The maximum Gasteiger partial charge on any atom is 0.191 e. The zero-order chi connectivity index (χ0) is 19.6. The van der Waals surface area contributed by atoms with Gasteiger partial charge in [0, 0.05) is 6.21 Å². The van der Waals surface area contributed by atoms with Crippen molar-refractivity contribution in [3.05, 3.63) is 78.1 Å². The van der Waals surface area contributed by atoms with Crippen LogP contribution in [0.4, 0.5) is 5.69 Å². The number of hydrogen-bond donors (Lipinski definition) is 2. The molecule has 0 spiro atoms. The number of anilines is 1. The van der Waals surface area contributed by atoms with Gasteiger partial charge in [0.2, 0.25) is 0 Å². The molecule has 1 heterocycles. The highest BCUT2D eigenvalue weighted by molar-refractivity contribution is 7.80. The van der Waals surface area contributed by atoms with Crippen LogP contribution in [0.5, 0.6) is 5.75 Å². The third-order valence-electron chi connectivity index (χ3n) is 3.69. The molecule has 0 saturated heterocycles. The van der Waals surface area contributed by atoms with Crippen molar-refractivity contribution in [2.45, 2.75) is 6.54 Å². The van der Waals surface area contributed by atoms with Crippen LogP contribution in [0.2, 0.25) is 0 Å². The Balaban J connectivity index is 1.47. The number of ether oxygens (including phenoxy) is 1. The molecular weight excluding hydrogens is 372 g/mol. The van der Waals surface area contributed by atoms with Gasteiger partial charge in [0.1, 0.15) is 11.4 Å². The lowest BCUT2D eigenvalue weighted by Gasteiger charge is -2.10. The summed E-state index contributed by atoms with van der Waals surface area (Å²) in [5, 5.41) is 15.7. The molecule has 0 fully saturated rings. The van der Waals surface area contributed by atoms with Crippen molar-refractivity contribution < 1.29 is 4.74 Å². The van der Waals surface area contributed by atoms with Gasteiger partial charge in [-0.25, -0.2) is 4.68 Å². The predicted molar refractivity (Wildman–Crippen MR) is 115 cm³/mol. The minimum absolute atomic E-state index is 0.364. The maximum absolute atomic E-state index is 5.26. The van der Waals surface area contributed by atoms with Crippen molar-refractivity contribution in [2.75, 3.05) is 12.4 Å². The second-order valence-electron chi connectivity index (χ2n) is 5.73. The van der Waals surface area contributed by atoms with Crippen LogP contribution >= 0.6 is 12.2 Å². The van der Waals surface area contributed by atoms with Gasteiger partial charge in [0.15, 0.2) is 5.11 Å². The second-order valence-corrected chi connectivity index (χ2v) is 6.14. The molecule has 0 bridgehead atoms. The molecule has 2 N–H and O–H groups in total. The van der Waals surface area contributed by atoms with Gasteiger partial charge in [-0.05, 0) is 42.1 Å². The van der Waals surface area contributed by atoms with Gasteiger partial charge in [-0.1, -0.05) is 47.7 Å². The van der Waals surface area contributed by atoms with E-state index >= 15 is 0 Å². The Bertz CT molecular complexity index is 968. The molecule has 142 valence electrons. The predicted octanol–water partition coefficient (Wildman–Crippen LogP) is 3.32. The summed E-state index contributed by atoms with van der Waals surface area (Å²) in [5.41, 5.74) is 5.43. The van der Waals surface area contributed by atoms with Crippen LogP contribution in [0, 0.1) is 0 Å². The van der Waals surface area contributed by atoms with Crippen LogP contribution in [0.25, 0.3) is 6.08 Å². The fourth-order valence-corrected chi connectivity index (χ4v) is 2.58. The first kappa shape index (κ1) is 19.2. The molecule has 1 aromatic heterocycles. The van der Waals surface area contributed by atoms with E-state index in [0.717, 1.165) is 11.4 Å². The Hall–Kier alpha value is -3.52. The highest BCUT2D eigenvalue weighted by Crippen LogP contribution is 2.22. The Morgan fingerprint density at radius 3 is 2.79 bits per heavy atom. The number of nitrogens with zero attached hydrogens (tertiary/aromatic N) is 4. The molecule has 28 heavy (non-hydrogen) atoms. The molecule has 0 aliphatic carbocycles. The average molecular weight is 392 g/mol. The summed E-state index contributed by atoms with van der Waals surface area (Å²) in [7, 11) is 1.61. The molecule has 0 saturated carbocycles. The second kappa shape index (κ2) is 9.98. The number of para-hydroxylation sites is 2. The fraction of sp³-hybridized carbons (Fsp3) is 0.100. The third-order valence-corrected chi connectivity index (χ3v) is 3.89. The minimum Gasteiger partial charge on any atom is -0.495 e. The summed E-state index contributed by atoms with van der Waals surface area (Å²) in [4.78, 5) is 0. The van der Waals surface area contributed by atoms with E-state index in [-0.39, 0.29) is 0 Å². The lowest BCUT2D eigenvalue weighted by Crippen LogP contribution is -2.23. The van der Waals surface area contributed by atoms with E-state index < -0.39 is 0 Å². The number of hydrogen-bond acceptors (Lipinski definition) is 5. The molecule has 0 amide bonds. The van der Waals surface area contributed by atoms with Crippen molar-refractivity contribution >= 4 is 35.3 Å². The monoisotopic (exact) mass is 392 g/mol. The Morgan fingerprint density at radius 1 is 1.18 bits per heavy atom. The zero-order valence-electron chi connectivity index (χ0n) is 15.3. The molecule has 0 atom stereocenters. The summed E-state index contributed by atoms with van der Waals surface area (Å²) in [6.07, 6.45) is 7.04. The normalized spacial score (nSPS) is 11.0. The highest BCUT2D eigenvalue weighted by Gasteiger charge is 2.02. The molecular formula is C20H20N6OS. The van der Waals surface area contributed by atoms with E-state index in [1.807, 2.05) is 54.7 Å². The quantitative estimate of drug-likeness (QED) is 0.365. The maximum atomic E-state index is 5.26. The van der Waals surface area contributed by atoms with Crippen molar-refractivity contribution in [3.63, 3.8) is 0 Å². The summed E-state index contributed by atoms with van der Waals surface area (Å²) >= 11 is 5.21. The van der Waals surface area contributed by atoms with Crippen LogP contribution in [0.3, 0.4) is 0 Å². The van der Waals surface area contributed by atoms with E-state index in [4.69, 9.17) is 17.0 Å². The number of rotatable bonds is 7. The molecule has 3 rings (SSSR count). The van der Waals surface area contributed by atoms with Gasteiger partial charge in [0.05, 0.1) is 25.5 Å². The topological polar surface area (TPSA) is 76.4 Å². The van der Waals surface area contributed by atoms with Gasteiger partial charge in [-0.15, -0.1) is 5.10 Å². The molecule has 0 aliphatic heterocycles. The van der Waals surface area contributed by atoms with E-state index in [1.54, 1.807) is 24.1 Å². The lowest BCUT2D eigenvalue weighted by atomic mass is 10.2. The number of methoxy groups -OCH3 is 1.